The van der Waals surface area contributed by atoms with Gasteiger partial charge in [0.05, 0.1) is 0 Å². The Morgan fingerprint density at radius 1 is 1.25 bits per heavy atom. The number of urea groups is 1. The van der Waals surface area contributed by atoms with Crippen LogP contribution in [0.5, 0.6) is 5.75 Å². The van der Waals surface area contributed by atoms with E-state index in [2.05, 4.69) is 10.6 Å². The van der Waals surface area contributed by atoms with E-state index in [0.717, 1.165) is 12.8 Å². The molecule has 6 heteroatoms. The molecule has 0 heterocycles. The Morgan fingerprint density at radius 2 is 1.85 bits per heavy atom. The number of hydrogen-bond acceptors (Lipinski definition) is 3. The molecule has 4 N–H and O–H groups in total. The summed E-state index contributed by atoms with van der Waals surface area (Å²) in [7, 11) is 0. The molecule has 0 bridgehead atoms. The smallest absolute Gasteiger partial charge is 0.339 e. The zero-order valence-corrected chi connectivity index (χ0v) is 11.9. The number of nitrogens with one attached hydrogen (secondary N) is 2. The topological polar surface area (TPSA) is 98.7 Å². The fourth-order valence-corrected chi connectivity index (χ4v) is 1.65. The molecule has 0 atom stereocenters. The van der Waals surface area contributed by atoms with E-state index in [4.69, 9.17) is 5.11 Å². The molecule has 0 aromatic heterocycles. The Balaban J connectivity index is 2.81. The van der Waals surface area contributed by atoms with Gasteiger partial charge in [0.25, 0.3) is 0 Å². The first-order valence-corrected chi connectivity index (χ1v) is 6.46. The van der Waals surface area contributed by atoms with Gasteiger partial charge in [-0.15, -0.1) is 0 Å². The number of carboxylic acids is 1. The first kappa shape index (κ1) is 15.8. The number of carbonyl (C=O) groups is 2. The Bertz CT molecular complexity index is 510. The zero-order valence-electron chi connectivity index (χ0n) is 11.9. The van der Waals surface area contributed by atoms with E-state index < -0.39 is 12.0 Å². The van der Waals surface area contributed by atoms with Gasteiger partial charge in [0.1, 0.15) is 11.3 Å². The molecule has 20 heavy (non-hydrogen) atoms. The van der Waals surface area contributed by atoms with Crippen molar-refractivity contribution in [3.8, 4) is 5.75 Å². The summed E-state index contributed by atoms with van der Waals surface area (Å²) >= 11 is 0. The molecule has 0 spiro atoms. The van der Waals surface area contributed by atoms with Gasteiger partial charge in [-0.25, -0.2) is 9.59 Å². The summed E-state index contributed by atoms with van der Waals surface area (Å²) in [5, 5.41) is 23.7. The first-order chi connectivity index (χ1) is 9.31. The van der Waals surface area contributed by atoms with Gasteiger partial charge in [0.2, 0.25) is 0 Å². The molecular weight excluding hydrogens is 260 g/mol. The second-order valence-corrected chi connectivity index (χ2v) is 4.88. The molecule has 0 fully saturated rings. The lowest BCUT2D eigenvalue weighted by molar-refractivity contribution is 0.0693. The van der Waals surface area contributed by atoms with E-state index in [1.54, 1.807) is 0 Å². The predicted octanol–water partition coefficient (Wildman–Crippen LogP) is 2.79. The Hall–Kier alpha value is -2.24. The highest BCUT2D eigenvalue weighted by atomic mass is 16.4. The minimum Gasteiger partial charge on any atom is -0.507 e. The Morgan fingerprint density at radius 3 is 2.35 bits per heavy atom. The van der Waals surface area contributed by atoms with Crippen molar-refractivity contribution in [1.29, 1.82) is 0 Å². The third-order valence-corrected chi connectivity index (χ3v) is 3.46. The molecule has 0 aliphatic heterocycles. The second kappa shape index (κ2) is 6.27. The third kappa shape index (κ3) is 3.88. The summed E-state index contributed by atoms with van der Waals surface area (Å²) in [5.41, 5.74) is -0.250. The third-order valence-electron chi connectivity index (χ3n) is 3.46. The highest BCUT2D eigenvalue weighted by Gasteiger charge is 2.22. The molecule has 2 amide bonds. The molecule has 6 nitrogen and oxygen atoms in total. The number of carboxylic acid groups (broad SMARTS) is 1. The van der Waals surface area contributed by atoms with Crippen molar-refractivity contribution in [2.24, 2.45) is 0 Å². The number of anilines is 1. The van der Waals surface area contributed by atoms with E-state index in [9.17, 15) is 14.7 Å². The summed E-state index contributed by atoms with van der Waals surface area (Å²) in [5.74, 6) is -1.59. The monoisotopic (exact) mass is 280 g/mol. The van der Waals surface area contributed by atoms with Gasteiger partial charge >= 0.3 is 12.0 Å². The molecule has 0 radical (unpaired) electrons. The summed E-state index contributed by atoms with van der Waals surface area (Å²) in [6.07, 6.45) is 1.57. The molecule has 0 saturated carbocycles. The van der Waals surface area contributed by atoms with Gasteiger partial charge in [-0.05, 0) is 38.0 Å². The number of carbonyl (C=O) groups excluding carboxylic acids is 1. The summed E-state index contributed by atoms with van der Waals surface area (Å²) in [4.78, 5) is 22.8. The SMILES string of the molecule is CCC(C)(CC)NC(=O)Nc1ccc(O)c(C(=O)O)c1. The molecule has 0 unspecified atom stereocenters. The van der Waals surface area contributed by atoms with Crippen molar-refractivity contribution < 1.29 is 19.8 Å². The molecule has 1 rings (SSSR count). The van der Waals surface area contributed by atoms with Gasteiger partial charge in [-0.2, -0.15) is 0 Å². The number of amides is 2. The highest BCUT2D eigenvalue weighted by Crippen LogP contribution is 2.21. The van der Waals surface area contributed by atoms with Gasteiger partial charge in [-0.3, -0.25) is 0 Å². The molecule has 1 aromatic carbocycles. The number of aromatic hydroxyl groups is 1. The van der Waals surface area contributed by atoms with Crippen molar-refractivity contribution in [3.63, 3.8) is 0 Å². The number of hydrogen-bond donors (Lipinski definition) is 4. The number of aromatic carboxylic acids is 1. The summed E-state index contributed by atoms with van der Waals surface area (Å²) < 4.78 is 0. The Labute approximate surface area is 117 Å². The van der Waals surface area contributed by atoms with Crippen LogP contribution in [0.4, 0.5) is 10.5 Å². The molecular formula is C14H20N2O4. The zero-order chi connectivity index (χ0) is 15.3. The van der Waals surface area contributed by atoms with Crippen LogP contribution in [0.1, 0.15) is 44.0 Å². The lowest BCUT2D eigenvalue weighted by Gasteiger charge is -2.28. The van der Waals surface area contributed by atoms with Crippen LogP contribution in [-0.4, -0.2) is 27.8 Å². The van der Waals surface area contributed by atoms with Crippen LogP contribution >= 0.6 is 0 Å². The lowest BCUT2D eigenvalue weighted by Crippen LogP contribution is -2.46. The maximum atomic E-state index is 11.9. The maximum absolute atomic E-state index is 11.9. The van der Waals surface area contributed by atoms with Gasteiger partial charge in [0.15, 0.2) is 0 Å². The number of benzene rings is 1. The van der Waals surface area contributed by atoms with Gasteiger partial charge in [0, 0.05) is 11.2 Å². The number of rotatable bonds is 5. The normalized spacial score (nSPS) is 10.9. The van der Waals surface area contributed by atoms with Crippen LogP contribution in [0.2, 0.25) is 0 Å². The first-order valence-electron chi connectivity index (χ1n) is 6.46. The highest BCUT2D eigenvalue weighted by molar-refractivity contribution is 5.95. The standard InChI is InChI=1S/C14H20N2O4/c1-4-14(3,5-2)16-13(20)15-9-6-7-11(17)10(8-9)12(18)19/h6-8,17H,4-5H2,1-3H3,(H,18,19)(H2,15,16,20). The molecule has 0 saturated heterocycles. The average molecular weight is 280 g/mol. The van der Waals surface area contributed by atoms with Crippen molar-refractivity contribution in [2.75, 3.05) is 5.32 Å². The Kier molecular flexibility index (Phi) is 4.96. The second-order valence-electron chi connectivity index (χ2n) is 4.88. The fourth-order valence-electron chi connectivity index (χ4n) is 1.65. The quantitative estimate of drug-likeness (QED) is 0.623. The van der Waals surface area contributed by atoms with Crippen molar-refractivity contribution >= 4 is 17.7 Å². The van der Waals surface area contributed by atoms with Crippen LogP contribution < -0.4 is 10.6 Å². The van der Waals surface area contributed by atoms with Crippen molar-refractivity contribution in [2.45, 2.75) is 39.2 Å². The maximum Gasteiger partial charge on any atom is 0.339 e. The number of phenols is 1. The van der Waals surface area contributed by atoms with Crippen LogP contribution in [0.15, 0.2) is 18.2 Å². The largest absolute Gasteiger partial charge is 0.507 e. The van der Waals surface area contributed by atoms with Crippen LogP contribution in [0.25, 0.3) is 0 Å². The minimum atomic E-state index is -1.25. The van der Waals surface area contributed by atoms with Crippen molar-refractivity contribution in [3.05, 3.63) is 23.8 Å². The summed E-state index contributed by atoms with van der Waals surface area (Å²) in [6.45, 7) is 5.89. The molecule has 0 aliphatic carbocycles. The van der Waals surface area contributed by atoms with E-state index in [1.807, 2.05) is 20.8 Å². The molecule has 0 aliphatic rings. The van der Waals surface area contributed by atoms with E-state index in [1.165, 1.54) is 18.2 Å². The van der Waals surface area contributed by atoms with E-state index in [-0.39, 0.29) is 16.9 Å². The fraction of sp³-hybridized carbons (Fsp3) is 0.429. The van der Waals surface area contributed by atoms with Crippen molar-refractivity contribution in [1.82, 2.24) is 5.32 Å². The van der Waals surface area contributed by atoms with E-state index >= 15 is 0 Å². The average Bonchev–Trinajstić information content (AvgIpc) is 2.40. The van der Waals surface area contributed by atoms with Gasteiger partial charge < -0.3 is 20.8 Å². The molecule has 1 aromatic rings. The van der Waals surface area contributed by atoms with Crippen LogP contribution in [-0.2, 0) is 0 Å². The predicted molar refractivity (Wildman–Crippen MR) is 76.2 cm³/mol. The lowest BCUT2D eigenvalue weighted by atomic mass is 9.96. The minimum absolute atomic E-state index is 0.253. The van der Waals surface area contributed by atoms with E-state index in [0.29, 0.717) is 5.69 Å². The van der Waals surface area contributed by atoms with Gasteiger partial charge in [-0.1, -0.05) is 13.8 Å². The summed E-state index contributed by atoms with van der Waals surface area (Å²) in [6, 6.07) is 3.49. The van der Waals surface area contributed by atoms with Crippen LogP contribution in [0, 0.1) is 0 Å². The molecule has 110 valence electrons. The van der Waals surface area contributed by atoms with Crippen LogP contribution in [0.3, 0.4) is 0 Å².